The van der Waals surface area contributed by atoms with Gasteiger partial charge in [-0.25, -0.2) is 4.39 Å². The van der Waals surface area contributed by atoms with Crippen LogP contribution in [0.25, 0.3) is 0 Å². The van der Waals surface area contributed by atoms with Gasteiger partial charge in [0.25, 0.3) is 5.91 Å². The number of halogens is 4. The van der Waals surface area contributed by atoms with Crippen LogP contribution in [0.4, 0.5) is 23.2 Å². The van der Waals surface area contributed by atoms with E-state index in [0.717, 1.165) is 12.1 Å². The molecule has 0 spiro atoms. The Morgan fingerprint density at radius 1 is 0.971 bits per heavy atom. The maximum Gasteiger partial charge on any atom is 0.416 e. The Morgan fingerprint density at radius 2 is 1.69 bits per heavy atom. The van der Waals surface area contributed by atoms with Crippen molar-refractivity contribution in [1.82, 2.24) is 4.90 Å². The Balaban J connectivity index is 1.68. The maximum atomic E-state index is 14.6. The van der Waals surface area contributed by atoms with Crippen molar-refractivity contribution in [2.24, 2.45) is 5.92 Å². The zero-order valence-corrected chi connectivity index (χ0v) is 19.0. The minimum absolute atomic E-state index is 0.0186. The molecule has 4 rings (SSSR count). The van der Waals surface area contributed by atoms with Crippen LogP contribution in [-0.4, -0.2) is 23.3 Å². The molecule has 2 amide bonds. The monoisotopic (exact) mass is 484 g/mol. The van der Waals surface area contributed by atoms with Gasteiger partial charge in [0.05, 0.1) is 23.1 Å². The summed E-state index contributed by atoms with van der Waals surface area (Å²) in [7, 11) is 0. The summed E-state index contributed by atoms with van der Waals surface area (Å²) >= 11 is 0. The Kier molecular flexibility index (Phi) is 6.91. The van der Waals surface area contributed by atoms with Gasteiger partial charge in [0.2, 0.25) is 5.91 Å². The van der Waals surface area contributed by atoms with Gasteiger partial charge in [-0.05, 0) is 55.2 Å². The number of hydrogen-bond donors (Lipinski definition) is 1. The number of likely N-dealkylation sites (tertiary alicyclic amines) is 1. The van der Waals surface area contributed by atoms with Crippen LogP contribution in [-0.2, 0) is 11.0 Å². The van der Waals surface area contributed by atoms with Crippen molar-refractivity contribution in [2.75, 3.05) is 11.9 Å². The SMILES string of the molecule is Cc1cccc(F)c1C(=O)N1CCC[C@@H](C(=O)Nc2cccc(C(F)(F)F)c2)[C@H]1c1ccccc1. The second kappa shape index (κ2) is 9.90. The van der Waals surface area contributed by atoms with E-state index >= 15 is 0 Å². The van der Waals surface area contributed by atoms with E-state index in [2.05, 4.69) is 5.32 Å². The fraction of sp³-hybridized carbons (Fsp3) is 0.259. The van der Waals surface area contributed by atoms with E-state index in [4.69, 9.17) is 0 Å². The number of alkyl halides is 3. The predicted octanol–water partition coefficient (Wildman–Crippen LogP) is 6.39. The number of benzene rings is 3. The van der Waals surface area contributed by atoms with E-state index in [1.807, 2.05) is 0 Å². The third-order valence-electron chi connectivity index (χ3n) is 6.26. The zero-order valence-electron chi connectivity index (χ0n) is 19.0. The highest BCUT2D eigenvalue weighted by Gasteiger charge is 2.40. The molecule has 3 aromatic carbocycles. The molecule has 0 aliphatic carbocycles. The molecule has 1 heterocycles. The van der Waals surface area contributed by atoms with E-state index in [0.29, 0.717) is 30.5 Å². The third-order valence-corrected chi connectivity index (χ3v) is 6.26. The summed E-state index contributed by atoms with van der Waals surface area (Å²) in [6.07, 6.45) is -3.63. The number of amides is 2. The third kappa shape index (κ3) is 5.21. The highest BCUT2D eigenvalue weighted by molar-refractivity contribution is 5.98. The smallest absolute Gasteiger partial charge is 0.331 e. The fourth-order valence-electron chi connectivity index (χ4n) is 4.62. The van der Waals surface area contributed by atoms with Crippen LogP contribution in [0.15, 0.2) is 72.8 Å². The molecule has 182 valence electrons. The van der Waals surface area contributed by atoms with E-state index in [-0.39, 0.29) is 11.3 Å². The van der Waals surface area contributed by atoms with Gasteiger partial charge in [0.15, 0.2) is 0 Å². The molecular formula is C27H24F4N2O2. The number of carbonyl (C=O) groups is 2. The van der Waals surface area contributed by atoms with Crippen LogP contribution in [0.1, 0.15) is 45.9 Å². The summed E-state index contributed by atoms with van der Waals surface area (Å²) in [5.41, 5.74) is 0.277. The molecule has 3 aromatic rings. The van der Waals surface area contributed by atoms with Crippen molar-refractivity contribution < 1.29 is 27.2 Å². The highest BCUT2D eigenvalue weighted by atomic mass is 19.4. The van der Waals surface area contributed by atoms with Gasteiger partial charge >= 0.3 is 6.18 Å². The Morgan fingerprint density at radius 3 is 2.37 bits per heavy atom. The van der Waals surface area contributed by atoms with Gasteiger partial charge in [0.1, 0.15) is 5.82 Å². The van der Waals surface area contributed by atoms with Crippen LogP contribution < -0.4 is 5.32 Å². The average molecular weight is 484 g/mol. The molecule has 4 nitrogen and oxygen atoms in total. The van der Waals surface area contributed by atoms with Gasteiger partial charge in [0, 0.05) is 12.2 Å². The maximum absolute atomic E-state index is 14.6. The molecule has 0 aromatic heterocycles. The van der Waals surface area contributed by atoms with Gasteiger partial charge in [-0.15, -0.1) is 0 Å². The summed E-state index contributed by atoms with van der Waals surface area (Å²) in [4.78, 5) is 28.4. The van der Waals surface area contributed by atoms with Crippen molar-refractivity contribution in [3.05, 3.63) is 101 Å². The summed E-state index contributed by atoms with van der Waals surface area (Å²) in [6.45, 7) is 1.97. The number of rotatable bonds is 4. The average Bonchev–Trinajstić information content (AvgIpc) is 2.83. The number of nitrogens with one attached hydrogen (secondary N) is 1. The number of nitrogens with zero attached hydrogens (tertiary/aromatic N) is 1. The van der Waals surface area contributed by atoms with Crippen molar-refractivity contribution in [3.63, 3.8) is 0 Å². The molecule has 8 heteroatoms. The molecule has 1 aliphatic heterocycles. The number of anilines is 1. The molecule has 1 aliphatic rings. The standard InChI is InChI=1S/C27H24F4N2O2/c1-17-8-5-14-22(28)23(17)26(35)33-15-7-13-21(24(33)18-9-3-2-4-10-18)25(34)32-20-12-6-11-19(16-20)27(29,30)31/h2-6,8-12,14,16,21,24H,7,13,15H2,1H3,(H,32,34)/t21-,24-/m1/s1. The van der Waals surface area contributed by atoms with E-state index in [9.17, 15) is 27.2 Å². The topological polar surface area (TPSA) is 49.4 Å². The molecule has 0 saturated carbocycles. The lowest BCUT2D eigenvalue weighted by Crippen LogP contribution is -2.46. The van der Waals surface area contributed by atoms with Crippen molar-refractivity contribution in [1.29, 1.82) is 0 Å². The normalized spacial score (nSPS) is 18.3. The lowest BCUT2D eigenvalue weighted by atomic mass is 9.83. The van der Waals surface area contributed by atoms with E-state index < -0.39 is 41.3 Å². The van der Waals surface area contributed by atoms with Crippen molar-refractivity contribution in [3.8, 4) is 0 Å². The summed E-state index contributed by atoms with van der Waals surface area (Å²) < 4.78 is 54.0. The largest absolute Gasteiger partial charge is 0.416 e. The van der Waals surface area contributed by atoms with Crippen LogP contribution in [0, 0.1) is 18.7 Å². The summed E-state index contributed by atoms with van der Waals surface area (Å²) in [6, 6.07) is 17.1. The number of aryl methyl sites for hydroxylation is 1. The van der Waals surface area contributed by atoms with Gasteiger partial charge in [-0.3, -0.25) is 9.59 Å². The van der Waals surface area contributed by atoms with Crippen LogP contribution in [0.3, 0.4) is 0 Å². The van der Waals surface area contributed by atoms with Gasteiger partial charge in [-0.1, -0.05) is 48.5 Å². The Bertz CT molecular complexity index is 1210. The number of hydrogen-bond acceptors (Lipinski definition) is 2. The summed E-state index contributed by atoms with van der Waals surface area (Å²) in [5.74, 6) is -2.40. The minimum Gasteiger partial charge on any atom is -0.331 e. The molecular weight excluding hydrogens is 460 g/mol. The molecule has 1 N–H and O–H groups in total. The molecule has 1 fully saturated rings. The Labute approximate surface area is 200 Å². The molecule has 0 bridgehead atoms. The van der Waals surface area contributed by atoms with Gasteiger partial charge in [-0.2, -0.15) is 13.2 Å². The Hall–Kier alpha value is -3.68. The zero-order chi connectivity index (χ0) is 25.2. The van der Waals surface area contributed by atoms with Crippen LogP contribution in [0.2, 0.25) is 0 Å². The highest BCUT2D eigenvalue weighted by Crippen LogP contribution is 2.39. The molecule has 0 unspecified atom stereocenters. The first-order valence-electron chi connectivity index (χ1n) is 11.3. The number of piperidine rings is 1. The quantitative estimate of drug-likeness (QED) is 0.437. The first-order chi connectivity index (χ1) is 16.7. The molecule has 35 heavy (non-hydrogen) atoms. The molecule has 2 atom stereocenters. The fourth-order valence-corrected chi connectivity index (χ4v) is 4.62. The van der Waals surface area contributed by atoms with Gasteiger partial charge < -0.3 is 10.2 Å². The lowest BCUT2D eigenvalue weighted by Gasteiger charge is -2.41. The summed E-state index contributed by atoms with van der Waals surface area (Å²) in [5, 5.41) is 2.59. The van der Waals surface area contributed by atoms with Crippen LogP contribution in [0.5, 0.6) is 0 Å². The first-order valence-corrected chi connectivity index (χ1v) is 11.3. The van der Waals surface area contributed by atoms with Crippen LogP contribution >= 0.6 is 0 Å². The predicted molar refractivity (Wildman–Crippen MR) is 124 cm³/mol. The second-order valence-electron chi connectivity index (χ2n) is 8.60. The van der Waals surface area contributed by atoms with E-state index in [1.54, 1.807) is 43.3 Å². The van der Waals surface area contributed by atoms with Crippen molar-refractivity contribution in [2.45, 2.75) is 32.0 Å². The molecule has 1 saturated heterocycles. The van der Waals surface area contributed by atoms with E-state index in [1.165, 1.54) is 29.2 Å². The second-order valence-corrected chi connectivity index (χ2v) is 8.60. The minimum atomic E-state index is -4.54. The number of carbonyl (C=O) groups excluding carboxylic acids is 2. The van der Waals surface area contributed by atoms with Crippen molar-refractivity contribution >= 4 is 17.5 Å². The lowest BCUT2D eigenvalue weighted by molar-refractivity contribution is -0.137. The first kappa shape index (κ1) is 24.4. The molecule has 0 radical (unpaired) electrons.